The summed E-state index contributed by atoms with van der Waals surface area (Å²) in [6, 6.07) is 6.50. The van der Waals surface area contributed by atoms with E-state index >= 15 is 0 Å². The summed E-state index contributed by atoms with van der Waals surface area (Å²) in [6.45, 7) is 5.34. The standard InChI is InChI=1S/C15H19FN2O/c1-2-18(11-15-4-3-5-19-15)10-13-6-12(9-17)7-14(16)8-13/h6-8,15H,2-5,10-11H2,1H3. The first-order valence-corrected chi connectivity index (χ1v) is 6.74. The molecular formula is C15H19FN2O. The van der Waals surface area contributed by atoms with Crippen molar-refractivity contribution in [3.05, 3.63) is 35.1 Å². The zero-order valence-electron chi connectivity index (χ0n) is 11.2. The third kappa shape index (κ3) is 4.02. The predicted molar refractivity (Wildman–Crippen MR) is 71.0 cm³/mol. The molecule has 1 aliphatic rings. The molecule has 0 N–H and O–H groups in total. The summed E-state index contributed by atoms with van der Waals surface area (Å²) >= 11 is 0. The number of nitriles is 1. The Balaban J connectivity index is 2.01. The number of ether oxygens (including phenoxy) is 1. The Morgan fingerprint density at radius 2 is 2.32 bits per heavy atom. The molecule has 19 heavy (non-hydrogen) atoms. The highest BCUT2D eigenvalue weighted by Crippen LogP contribution is 2.16. The third-order valence-corrected chi connectivity index (χ3v) is 3.43. The van der Waals surface area contributed by atoms with Gasteiger partial charge in [-0.3, -0.25) is 4.90 Å². The van der Waals surface area contributed by atoms with Gasteiger partial charge in [-0.15, -0.1) is 0 Å². The Kier molecular flexibility index (Phi) is 4.89. The molecule has 1 aromatic carbocycles. The summed E-state index contributed by atoms with van der Waals surface area (Å²) in [4.78, 5) is 2.23. The van der Waals surface area contributed by atoms with Crippen molar-refractivity contribution < 1.29 is 9.13 Å². The zero-order chi connectivity index (χ0) is 13.7. The van der Waals surface area contributed by atoms with Crippen LogP contribution in [0.5, 0.6) is 0 Å². The van der Waals surface area contributed by atoms with E-state index in [-0.39, 0.29) is 5.82 Å². The molecule has 1 saturated heterocycles. The average Bonchev–Trinajstić information content (AvgIpc) is 2.90. The van der Waals surface area contributed by atoms with Gasteiger partial charge in [0.2, 0.25) is 0 Å². The summed E-state index contributed by atoms with van der Waals surface area (Å²) in [6.07, 6.45) is 2.52. The maximum Gasteiger partial charge on any atom is 0.124 e. The molecule has 4 heteroatoms. The molecular weight excluding hydrogens is 243 g/mol. The monoisotopic (exact) mass is 262 g/mol. The van der Waals surface area contributed by atoms with Gasteiger partial charge >= 0.3 is 0 Å². The van der Waals surface area contributed by atoms with Crippen LogP contribution in [0.2, 0.25) is 0 Å². The van der Waals surface area contributed by atoms with Crippen molar-refractivity contribution in [2.45, 2.75) is 32.4 Å². The second kappa shape index (κ2) is 6.65. The van der Waals surface area contributed by atoms with Crippen LogP contribution >= 0.6 is 0 Å². The summed E-state index contributed by atoms with van der Waals surface area (Å²) in [7, 11) is 0. The van der Waals surface area contributed by atoms with Crippen LogP contribution in [-0.2, 0) is 11.3 Å². The van der Waals surface area contributed by atoms with Crippen molar-refractivity contribution in [2.75, 3.05) is 19.7 Å². The number of hydrogen-bond donors (Lipinski definition) is 0. The number of rotatable bonds is 5. The van der Waals surface area contributed by atoms with E-state index in [1.807, 2.05) is 6.07 Å². The van der Waals surface area contributed by atoms with Gasteiger partial charge in [0.1, 0.15) is 5.82 Å². The fourth-order valence-electron chi connectivity index (χ4n) is 2.45. The molecule has 1 aromatic rings. The molecule has 1 fully saturated rings. The molecule has 3 nitrogen and oxygen atoms in total. The number of likely N-dealkylation sites (N-methyl/N-ethyl adjacent to an activating group) is 1. The number of benzene rings is 1. The van der Waals surface area contributed by atoms with Gasteiger partial charge in [-0.1, -0.05) is 6.92 Å². The van der Waals surface area contributed by atoms with Crippen molar-refractivity contribution >= 4 is 0 Å². The van der Waals surface area contributed by atoms with E-state index in [0.717, 1.165) is 38.1 Å². The van der Waals surface area contributed by atoms with Crippen LogP contribution in [0.1, 0.15) is 30.9 Å². The highest BCUT2D eigenvalue weighted by Gasteiger charge is 2.18. The van der Waals surface area contributed by atoms with Crippen molar-refractivity contribution in [1.29, 1.82) is 5.26 Å². The SMILES string of the molecule is CCN(Cc1cc(F)cc(C#N)c1)CC1CCCO1. The van der Waals surface area contributed by atoms with Gasteiger partial charge in [-0.2, -0.15) is 5.26 Å². The Bertz CT molecular complexity index is 464. The van der Waals surface area contributed by atoms with Crippen LogP contribution in [0.4, 0.5) is 4.39 Å². The van der Waals surface area contributed by atoms with Crippen LogP contribution in [0.3, 0.4) is 0 Å². The lowest BCUT2D eigenvalue weighted by Crippen LogP contribution is -2.31. The van der Waals surface area contributed by atoms with E-state index in [0.29, 0.717) is 18.2 Å². The highest BCUT2D eigenvalue weighted by atomic mass is 19.1. The molecule has 0 aromatic heterocycles. The van der Waals surface area contributed by atoms with Gasteiger partial charge < -0.3 is 4.74 Å². The van der Waals surface area contributed by atoms with Crippen LogP contribution in [0.25, 0.3) is 0 Å². The normalized spacial score (nSPS) is 18.7. The van der Waals surface area contributed by atoms with Gasteiger partial charge in [0, 0.05) is 19.7 Å². The molecule has 1 heterocycles. The zero-order valence-corrected chi connectivity index (χ0v) is 11.2. The summed E-state index contributed by atoms with van der Waals surface area (Å²) in [5, 5.41) is 8.86. The molecule has 0 saturated carbocycles. The first-order valence-electron chi connectivity index (χ1n) is 6.74. The van der Waals surface area contributed by atoms with Crippen molar-refractivity contribution in [1.82, 2.24) is 4.90 Å². The smallest absolute Gasteiger partial charge is 0.124 e. The van der Waals surface area contributed by atoms with Gasteiger partial charge in [-0.05, 0) is 43.1 Å². The van der Waals surface area contributed by atoms with Crippen LogP contribution < -0.4 is 0 Å². The van der Waals surface area contributed by atoms with Crippen molar-refractivity contribution in [3.8, 4) is 6.07 Å². The topological polar surface area (TPSA) is 36.3 Å². The minimum atomic E-state index is -0.345. The van der Waals surface area contributed by atoms with E-state index in [4.69, 9.17) is 10.00 Å². The molecule has 0 spiro atoms. The van der Waals surface area contributed by atoms with E-state index in [1.54, 1.807) is 6.07 Å². The molecule has 102 valence electrons. The Morgan fingerprint density at radius 1 is 1.47 bits per heavy atom. The van der Waals surface area contributed by atoms with Gasteiger partial charge in [0.25, 0.3) is 0 Å². The van der Waals surface area contributed by atoms with E-state index in [1.165, 1.54) is 12.1 Å². The number of hydrogen-bond acceptors (Lipinski definition) is 3. The molecule has 0 radical (unpaired) electrons. The predicted octanol–water partition coefficient (Wildman–Crippen LogP) is 2.70. The van der Waals surface area contributed by atoms with Gasteiger partial charge in [0.05, 0.1) is 17.7 Å². The first-order chi connectivity index (χ1) is 9.21. The molecule has 1 atom stereocenters. The number of nitrogens with zero attached hydrogens (tertiary/aromatic N) is 2. The van der Waals surface area contributed by atoms with Gasteiger partial charge in [0.15, 0.2) is 0 Å². The fraction of sp³-hybridized carbons (Fsp3) is 0.533. The molecule has 1 unspecified atom stereocenters. The summed E-state index contributed by atoms with van der Waals surface area (Å²) in [5.41, 5.74) is 1.22. The van der Waals surface area contributed by atoms with Crippen LogP contribution in [0.15, 0.2) is 18.2 Å². The molecule has 2 rings (SSSR count). The van der Waals surface area contributed by atoms with E-state index < -0.39 is 0 Å². The lowest BCUT2D eigenvalue weighted by molar-refractivity contribution is 0.0724. The first kappa shape index (κ1) is 14.0. The molecule has 0 aliphatic carbocycles. The maximum absolute atomic E-state index is 13.4. The average molecular weight is 262 g/mol. The van der Waals surface area contributed by atoms with Crippen molar-refractivity contribution in [3.63, 3.8) is 0 Å². The second-order valence-electron chi connectivity index (χ2n) is 4.92. The lowest BCUT2D eigenvalue weighted by Gasteiger charge is -2.23. The molecule has 1 aliphatic heterocycles. The van der Waals surface area contributed by atoms with Gasteiger partial charge in [-0.25, -0.2) is 4.39 Å². The summed E-state index contributed by atoms with van der Waals surface area (Å²) in [5.74, 6) is -0.345. The number of halogens is 1. The second-order valence-corrected chi connectivity index (χ2v) is 4.92. The Hall–Kier alpha value is -1.44. The minimum absolute atomic E-state index is 0.295. The minimum Gasteiger partial charge on any atom is -0.377 e. The van der Waals surface area contributed by atoms with Crippen LogP contribution in [0, 0.1) is 17.1 Å². The molecule has 0 bridgehead atoms. The third-order valence-electron chi connectivity index (χ3n) is 3.43. The van der Waals surface area contributed by atoms with Crippen molar-refractivity contribution in [2.24, 2.45) is 0 Å². The largest absolute Gasteiger partial charge is 0.377 e. The lowest BCUT2D eigenvalue weighted by atomic mass is 10.1. The van der Waals surface area contributed by atoms with Crippen LogP contribution in [-0.4, -0.2) is 30.7 Å². The van der Waals surface area contributed by atoms with E-state index in [2.05, 4.69) is 11.8 Å². The highest BCUT2D eigenvalue weighted by molar-refractivity contribution is 5.33. The maximum atomic E-state index is 13.4. The molecule has 0 amide bonds. The summed E-state index contributed by atoms with van der Waals surface area (Å²) < 4.78 is 19.0. The Morgan fingerprint density at radius 3 is 2.95 bits per heavy atom. The Labute approximate surface area is 113 Å². The quantitative estimate of drug-likeness (QED) is 0.818. The van der Waals surface area contributed by atoms with E-state index in [9.17, 15) is 4.39 Å². The fourth-order valence-corrected chi connectivity index (χ4v) is 2.45.